The molecule has 0 bridgehead atoms. The van der Waals surface area contributed by atoms with Crippen molar-refractivity contribution in [2.75, 3.05) is 17.2 Å². The number of carbonyl (C=O) groups is 1. The normalized spacial score (nSPS) is 12.3. The molecule has 0 aromatic heterocycles. The predicted molar refractivity (Wildman–Crippen MR) is 107 cm³/mol. The van der Waals surface area contributed by atoms with Crippen molar-refractivity contribution in [2.45, 2.75) is 33.4 Å². The number of nitrogens with one attached hydrogen (secondary N) is 1. The molecule has 0 spiro atoms. The first kappa shape index (κ1) is 20.8. The summed E-state index contributed by atoms with van der Waals surface area (Å²) in [5, 5.41) is 2.81. The molecule has 0 saturated heterocycles. The molecule has 2 aromatic carbocycles. The van der Waals surface area contributed by atoms with Gasteiger partial charge in [0.05, 0.1) is 18.6 Å². The molecule has 2 aromatic rings. The van der Waals surface area contributed by atoms with E-state index in [1.54, 1.807) is 25.1 Å². The van der Waals surface area contributed by atoms with Crippen molar-refractivity contribution in [2.24, 2.45) is 0 Å². The molecule has 0 fully saturated rings. The summed E-state index contributed by atoms with van der Waals surface area (Å²) < 4.78 is 31.4. The predicted octanol–water partition coefficient (Wildman–Crippen LogP) is 2.86. The van der Waals surface area contributed by atoms with Crippen molar-refractivity contribution in [1.29, 1.82) is 0 Å². The summed E-state index contributed by atoms with van der Waals surface area (Å²) in [6.45, 7) is 6.12. The van der Waals surface area contributed by atoms with Crippen LogP contribution in [0.1, 0.15) is 25.0 Å². The van der Waals surface area contributed by atoms with Crippen LogP contribution in [0.15, 0.2) is 48.5 Å². The average Bonchev–Trinajstić information content (AvgIpc) is 2.60. The maximum Gasteiger partial charge on any atom is 0.243 e. The molecule has 1 atom stereocenters. The number of anilines is 1. The molecular formula is C20H26N2O4S. The van der Waals surface area contributed by atoms with Crippen LogP contribution in [0.5, 0.6) is 5.75 Å². The van der Waals surface area contributed by atoms with E-state index in [4.69, 9.17) is 4.74 Å². The molecule has 1 unspecified atom stereocenters. The second-order valence-electron chi connectivity index (χ2n) is 6.33. The molecule has 0 aliphatic carbocycles. The highest BCUT2D eigenvalue weighted by Crippen LogP contribution is 2.22. The maximum atomic E-state index is 12.7. The van der Waals surface area contributed by atoms with Crippen molar-refractivity contribution in [3.8, 4) is 5.75 Å². The van der Waals surface area contributed by atoms with Crippen LogP contribution in [-0.2, 0) is 21.4 Å². The SMILES string of the molecule is CCOc1ccccc1CNC(=O)C(C)N(c1cccc(C)c1)S(C)(=O)=O. The smallest absolute Gasteiger partial charge is 0.243 e. The third-order valence-electron chi connectivity index (χ3n) is 4.07. The molecule has 1 N–H and O–H groups in total. The summed E-state index contributed by atoms with van der Waals surface area (Å²) in [6, 6.07) is 13.6. The van der Waals surface area contributed by atoms with E-state index < -0.39 is 16.1 Å². The van der Waals surface area contributed by atoms with Gasteiger partial charge in [-0.25, -0.2) is 8.42 Å². The number of para-hydroxylation sites is 1. The third-order valence-corrected chi connectivity index (χ3v) is 5.31. The molecule has 0 aliphatic rings. The lowest BCUT2D eigenvalue weighted by atomic mass is 10.2. The van der Waals surface area contributed by atoms with E-state index in [2.05, 4.69) is 5.32 Å². The van der Waals surface area contributed by atoms with Gasteiger partial charge in [0.15, 0.2) is 0 Å². The Hall–Kier alpha value is -2.54. The zero-order valence-electron chi connectivity index (χ0n) is 16.1. The average molecular weight is 391 g/mol. The van der Waals surface area contributed by atoms with Crippen LogP contribution in [0.3, 0.4) is 0 Å². The highest BCUT2D eigenvalue weighted by molar-refractivity contribution is 7.92. The Bertz CT molecular complexity index is 896. The van der Waals surface area contributed by atoms with Gasteiger partial charge < -0.3 is 10.1 Å². The highest BCUT2D eigenvalue weighted by atomic mass is 32.2. The molecule has 27 heavy (non-hydrogen) atoms. The van der Waals surface area contributed by atoms with E-state index in [0.717, 1.165) is 21.7 Å². The van der Waals surface area contributed by atoms with Crippen molar-refractivity contribution in [3.05, 3.63) is 59.7 Å². The Balaban J connectivity index is 2.19. The van der Waals surface area contributed by atoms with E-state index in [0.29, 0.717) is 18.0 Å². The first-order valence-corrected chi connectivity index (χ1v) is 10.6. The van der Waals surface area contributed by atoms with Gasteiger partial charge in [0.1, 0.15) is 11.8 Å². The fourth-order valence-corrected chi connectivity index (χ4v) is 4.02. The van der Waals surface area contributed by atoms with Crippen molar-refractivity contribution < 1.29 is 17.9 Å². The number of rotatable bonds is 8. The van der Waals surface area contributed by atoms with Gasteiger partial charge in [-0.2, -0.15) is 0 Å². The minimum atomic E-state index is -3.63. The number of benzene rings is 2. The molecule has 146 valence electrons. The van der Waals surface area contributed by atoms with E-state index in [1.807, 2.05) is 44.2 Å². The van der Waals surface area contributed by atoms with Crippen molar-refractivity contribution in [3.63, 3.8) is 0 Å². The van der Waals surface area contributed by atoms with E-state index in [9.17, 15) is 13.2 Å². The van der Waals surface area contributed by atoms with Crippen LogP contribution in [0, 0.1) is 6.92 Å². The molecule has 0 heterocycles. The van der Waals surface area contributed by atoms with Crippen LogP contribution < -0.4 is 14.4 Å². The number of carbonyl (C=O) groups excluding carboxylic acids is 1. The lowest BCUT2D eigenvalue weighted by Crippen LogP contribution is -2.47. The Morgan fingerprint density at radius 3 is 2.52 bits per heavy atom. The van der Waals surface area contributed by atoms with Crippen molar-refractivity contribution >= 4 is 21.6 Å². The molecule has 1 amide bonds. The fraction of sp³-hybridized carbons (Fsp3) is 0.350. The Kier molecular flexibility index (Phi) is 6.85. The minimum Gasteiger partial charge on any atom is -0.494 e. The number of sulfonamides is 1. The van der Waals surface area contributed by atoms with Gasteiger partial charge in [-0.05, 0) is 44.5 Å². The van der Waals surface area contributed by atoms with E-state index in [1.165, 1.54) is 0 Å². The molecule has 2 rings (SSSR count). The zero-order valence-corrected chi connectivity index (χ0v) is 16.9. The van der Waals surface area contributed by atoms with Crippen LogP contribution in [0.4, 0.5) is 5.69 Å². The van der Waals surface area contributed by atoms with Gasteiger partial charge in [-0.1, -0.05) is 30.3 Å². The van der Waals surface area contributed by atoms with Gasteiger partial charge in [-0.3, -0.25) is 9.10 Å². The Labute approximate surface area is 161 Å². The van der Waals surface area contributed by atoms with Crippen LogP contribution in [0.2, 0.25) is 0 Å². The molecule has 0 saturated carbocycles. The fourth-order valence-electron chi connectivity index (χ4n) is 2.85. The topological polar surface area (TPSA) is 75.7 Å². The summed E-state index contributed by atoms with van der Waals surface area (Å²) in [4.78, 5) is 12.7. The molecule has 0 aliphatic heterocycles. The first-order chi connectivity index (χ1) is 12.7. The van der Waals surface area contributed by atoms with Gasteiger partial charge in [0, 0.05) is 12.1 Å². The number of aryl methyl sites for hydroxylation is 1. The second-order valence-corrected chi connectivity index (χ2v) is 8.19. The number of ether oxygens (including phenoxy) is 1. The largest absolute Gasteiger partial charge is 0.494 e. The Morgan fingerprint density at radius 2 is 1.89 bits per heavy atom. The second kappa shape index (κ2) is 8.90. The number of hydrogen-bond acceptors (Lipinski definition) is 4. The molecular weight excluding hydrogens is 364 g/mol. The summed E-state index contributed by atoms with van der Waals surface area (Å²) in [6.07, 6.45) is 1.10. The standard InChI is InChI=1S/C20H26N2O4S/c1-5-26-19-12-7-6-10-17(19)14-21-20(23)16(3)22(27(4,24)25)18-11-8-9-15(2)13-18/h6-13,16H,5,14H2,1-4H3,(H,21,23). The summed E-state index contributed by atoms with van der Waals surface area (Å²) in [5.74, 6) is 0.319. The third kappa shape index (κ3) is 5.47. The molecule has 6 nitrogen and oxygen atoms in total. The quantitative estimate of drug-likeness (QED) is 0.752. The number of nitrogens with zero attached hydrogens (tertiary/aromatic N) is 1. The zero-order chi connectivity index (χ0) is 20.0. The monoisotopic (exact) mass is 390 g/mol. The van der Waals surface area contributed by atoms with Crippen LogP contribution in [0.25, 0.3) is 0 Å². The molecule has 0 radical (unpaired) electrons. The van der Waals surface area contributed by atoms with E-state index in [-0.39, 0.29) is 12.5 Å². The summed E-state index contributed by atoms with van der Waals surface area (Å²) in [5.41, 5.74) is 2.22. The number of hydrogen-bond donors (Lipinski definition) is 1. The highest BCUT2D eigenvalue weighted by Gasteiger charge is 2.29. The Morgan fingerprint density at radius 1 is 1.19 bits per heavy atom. The lowest BCUT2D eigenvalue weighted by molar-refractivity contribution is -0.122. The van der Waals surface area contributed by atoms with E-state index >= 15 is 0 Å². The van der Waals surface area contributed by atoms with Gasteiger partial charge in [0.25, 0.3) is 0 Å². The maximum absolute atomic E-state index is 12.7. The summed E-state index contributed by atoms with van der Waals surface area (Å²) >= 11 is 0. The van der Waals surface area contributed by atoms with Gasteiger partial charge >= 0.3 is 0 Å². The summed E-state index contributed by atoms with van der Waals surface area (Å²) in [7, 11) is -3.63. The number of amides is 1. The first-order valence-electron chi connectivity index (χ1n) is 8.78. The minimum absolute atomic E-state index is 0.255. The lowest BCUT2D eigenvalue weighted by Gasteiger charge is -2.28. The van der Waals surface area contributed by atoms with Gasteiger partial charge in [-0.15, -0.1) is 0 Å². The molecule has 7 heteroatoms. The van der Waals surface area contributed by atoms with Crippen LogP contribution >= 0.6 is 0 Å². The van der Waals surface area contributed by atoms with Crippen LogP contribution in [-0.4, -0.2) is 33.2 Å². The van der Waals surface area contributed by atoms with Crippen molar-refractivity contribution in [1.82, 2.24) is 5.32 Å². The van der Waals surface area contributed by atoms with Gasteiger partial charge in [0.2, 0.25) is 15.9 Å².